The lowest BCUT2D eigenvalue weighted by Gasteiger charge is -2.03. The van der Waals surface area contributed by atoms with Crippen molar-refractivity contribution in [1.29, 1.82) is 0 Å². The van der Waals surface area contributed by atoms with E-state index in [1.807, 2.05) is 35.1 Å². The maximum atomic E-state index is 4.70. The van der Waals surface area contributed by atoms with Gasteiger partial charge in [-0.25, -0.2) is 9.50 Å². The molecule has 0 atom stereocenters. The maximum absolute atomic E-state index is 4.70. The fourth-order valence-corrected chi connectivity index (χ4v) is 2.88. The third kappa shape index (κ3) is 2.25. The molecule has 0 aromatic carbocycles. The lowest BCUT2D eigenvalue weighted by molar-refractivity contribution is 0.962. The zero-order chi connectivity index (χ0) is 16.5. The molecule has 24 heavy (non-hydrogen) atoms. The van der Waals surface area contributed by atoms with E-state index >= 15 is 0 Å². The number of nitrogens with zero attached hydrogens (tertiary/aromatic N) is 3. The fraction of sp³-hybridized carbons (Fsp3) is 0. The molecule has 4 heterocycles. The van der Waals surface area contributed by atoms with E-state index < -0.39 is 0 Å². The molecule has 4 rings (SSSR count). The number of fused-ring (bicyclic) bond motifs is 2. The molecular formula is C20H16N4. The monoisotopic (exact) mass is 312 g/mol. The van der Waals surface area contributed by atoms with E-state index in [0.29, 0.717) is 0 Å². The summed E-state index contributed by atoms with van der Waals surface area (Å²) >= 11 is 0. The van der Waals surface area contributed by atoms with E-state index in [4.69, 9.17) is 4.98 Å². The van der Waals surface area contributed by atoms with Crippen molar-refractivity contribution < 1.29 is 0 Å². The molecule has 0 aliphatic carbocycles. The lowest BCUT2D eigenvalue weighted by atomic mass is 10.1. The van der Waals surface area contributed by atoms with Crippen LogP contribution in [0.2, 0.25) is 0 Å². The second kappa shape index (κ2) is 5.66. The zero-order valence-corrected chi connectivity index (χ0v) is 13.1. The molecule has 4 heteroatoms. The lowest BCUT2D eigenvalue weighted by Crippen LogP contribution is -1.88. The van der Waals surface area contributed by atoms with Gasteiger partial charge in [0.15, 0.2) is 0 Å². The number of H-pyrrole nitrogens is 1. The van der Waals surface area contributed by atoms with Crippen molar-refractivity contribution >= 4 is 22.1 Å². The third-order valence-electron chi connectivity index (χ3n) is 4.06. The van der Waals surface area contributed by atoms with Gasteiger partial charge in [0.2, 0.25) is 0 Å². The summed E-state index contributed by atoms with van der Waals surface area (Å²) in [5, 5.41) is 5.32. The van der Waals surface area contributed by atoms with E-state index in [9.17, 15) is 0 Å². The van der Waals surface area contributed by atoms with Crippen LogP contribution in [0.4, 0.5) is 0 Å². The van der Waals surface area contributed by atoms with Crippen LogP contribution in [-0.2, 0) is 0 Å². The number of allylic oxidation sites excluding steroid dienone is 4. The number of hydrogen-bond acceptors (Lipinski definition) is 2. The first-order valence-corrected chi connectivity index (χ1v) is 7.67. The van der Waals surface area contributed by atoms with E-state index in [-0.39, 0.29) is 0 Å². The summed E-state index contributed by atoms with van der Waals surface area (Å²) in [6.07, 6.45) is 11.2. The van der Waals surface area contributed by atoms with Crippen LogP contribution in [0.1, 0.15) is 5.69 Å². The smallest absolute Gasteiger partial charge is 0.138 e. The summed E-state index contributed by atoms with van der Waals surface area (Å²) in [6, 6.07) is 10.3. The summed E-state index contributed by atoms with van der Waals surface area (Å²) < 4.78 is 1.85. The molecule has 4 aromatic rings. The van der Waals surface area contributed by atoms with Crippen LogP contribution < -0.4 is 0 Å². The molecule has 0 saturated heterocycles. The second-order valence-electron chi connectivity index (χ2n) is 5.47. The summed E-state index contributed by atoms with van der Waals surface area (Å²) in [7, 11) is 0. The Balaban J connectivity index is 1.84. The molecule has 0 radical (unpaired) electrons. The molecule has 0 bridgehead atoms. The molecule has 0 spiro atoms. The third-order valence-corrected chi connectivity index (χ3v) is 4.06. The number of hydrogen-bond donors (Lipinski definition) is 1. The first kappa shape index (κ1) is 14.2. The quantitative estimate of drug-likeness (QED) is 0.558. The van der Waals surface area contributed by atoms with E-state index in [1.165, 1.54) is 0 Å². The predicted molar refractivity (Wildman–Crippen MR) is 98.7 cm³/mol. The van der Waals surface area contributed by atoms with Crippen molar-refractivity contribution in [2.24, 2.45) is 0 Å². The van der Waals surface area contributed by atoms with Crippen molar-refractivity contribution in [3.63, 3.8) is 0 Å². The fourth-order valence-electron chi connectivity index (χ4n) is 2.88. The van der Waals surface area contributed by atoms with E-state index in [1.54, 1.807) is 18.3 Å². The normalized spacial score (nSPS) is 11.9. The standard InChI is InChI=1S/C20H16N4/c1-3-5-14(4-2)19-7-6-17-18(13-21-20(17)23-19)15-9-11-24-16(12-15)8-10-22-24/h3-13H,1-2H2,(H,21,23)/b14-5+. The van der Waals surface area contributed by atoms with Gasteiger partial charge in [0.05, 0.1) is 11.2 Å². The first-order valence-electron chi connectivity index (χ1n) is 7.67. The number of aromatic amines is 1. The van der Waals surface area contributed by atoms with Crippen LogP contribution >= 0.6 is 0 Å². The van der Waals surface area contributed by atoms with Crippen LogP contribution in [0.5, 0.6) is 0 Å². The Morgan fingerprint density at radius 3 is 2.92 bits per heavy atom. The molecule has 0 amide bonds. The minimum Gasteiger partial charge on any atom is -0.345 e. The first-order chi connectivity index (χ1) is 11.8. The van der Waals surface area contributed by atoms with Crippen LogP contribution in [0.25, 0.3) is 33.3 Å². The van der Waals surface area contributed by atoms with Gasteiger partial charge >= 0.3 is 0 Å². The van der Waals surface area contributed by atoms with E-state index in [2.05, 4.69) is 41.4 Å². The highest BCUT2D eigenvalue weighted by Crippen LogP contribution is 2.29. The molecule has 4 aromatic heterocycles. The number of aromatic nitrogens is 4. The van der Waals surface area contributed by atoms with Gasteiger partial charge in [-0.05, 0) is 41.5 Å². The van der Waals surface area contributed by atoms with Crippen LogP contribution in [0.3, 0.4) is 0 Å². The van der Waals surface area contributed by atoms with Crippen molar-refractivity contribution in [2.45, 2.75) is 0 Å². The number of nitrogens with one attached hydrogen (secondary N) is 1. The molecule has 0 unspecified atom stereocenters. The molecule has 116 valence electrons. The highest BCUT2D eigenvalue weighted by Gasteiger charge is 2.09. The van der Waals surface area contributed by atoms with Crippen LogP contribution in [0.15, 0.2) is 80.3 Å². The minimum absolute atomic E-state index is 0.854. The molecule has 0 saturated carbocycles. The van der Waals surface area contributed by atoms with Gasteiger partial charge < -0.3 is 4.98 Å². The van der Waals surface area contributed by atoms with Crippen molar-refractivity contribution in [3.05, 3.63) is 86.0 Å². The average molecular weight is 312 g/mol. The molecular weight excluding hydrogens is 296 g/mol. The summed E-state index contributed by atoms with van der Waals surface area (Å²) in [4.78, 5) is 7.97. The molecule has 0 aliphatic rings. The SMILES string of the molecule is C=C/C=C(\C=C)c1ccc2c(-c3ccn4nccc4c3)c[nH]c2n1. The van der Waals surface area contributed by atoms with Gasteiger partial charge in [0, 0.05) is 29.5 Å². The summed E-state index contributed by atoms with van der Waals surface area (Å²) in [6.45, 7) is 7.57. The summed E-state index contributed by atoms with van der Waals surface area (Å²) in [5.74, 6) is 0. The van der Waals surface area contributed by atoms with Crippen LogP contribution in [0, 0.1) is 0 Å². The summed E-state index contributed by atoms with van der Waals surface area (Å²) in [5.41, 5.74) is 6.00. The molecule has 4 nitrogen and oxygen atoms in total. The molecule has 0 fully saturated rings. The predicted octanol–water partition coefficient (Wildman–Crippen LogP) is 4.63. The van der Waals surface area contributed by atoms with Crippen molar-refractivity contribution in [1.82, 2.24) is 19.6 Å². The molecule has 0 aliphatic heterocycles. The Kier molecular flexibility index (Phi) is 3.35. The Morgan fingerprint density at radius 1 is 1.17 bits per heavy atom. The Morgan fingerprint density at radius 2 is 2.08 bits per heavy atom. The topological polar surface area (TPSA) is 46.0 Å². The molecule has 1 N–H and O–H groups in total. The highest BCUT2D eigenvalue weighted by molar-refractivity contribution is 5.95. The minimum atomic E-state index is 0.854. The average Bonchev–Trinajstić information content (AvgIpc) is 3.24. The largest absolute Gasteiger partial charge is 0.345 e. The Bertz CT molecular complexity index is 1100. The number of rotatable bonds is 4. The second-order valence-corrected chi connectivity index (χ2v) is 5.47. The maximum Gasteiger partial charge on any atom is 0.138 e. The van der Waals surface area contributed by atoms with Gasteiger partial charge in [0.1, 0.15) is 5.65 Å². The van der Waals surface area contributed by atoms with Gasteiger partial charge in [0.25, 0.3) is 0 Å². The van der Waals surface area contributed by atoms with Gasteiger partial charge in [-0.3, -0.25) is 0 Å². The zero-order valence-electron chi connectivity index (χ0n) is 13.1. The Hall–Kier alpha value is -3.40. The van der Waals surface area contributed by atoms with Gasteiger partial charge in [-0.2, -0.15) is 5.10 Å². The highest BCUT2D eigenvalue weighted by atomic mass is 15.2. The Labute approximate surface area is 139 Å². The van der Waals surface area contributed by atoms with Crippen molar-refractivity contribution in [2.75, 3.05) is 0 Å². The number of pyridine rings is 2. The van der Waals surface area contributed by atoms with Crippen LogP contribution in [-0.4, -0.2) is 19.6 Å². The van der Waals surface area contributed by atoms with Gasteiger partial charge in [-0.1, -0.05) is 31.4 Å². The van der Waals surface area contributed by atoms with Gasteiger partial charge in [-0.15, -0.1) is 0 Å². The van der Waals surface area contributed by atoms with Crippen molar-refractivity contribution in [3.8, 4) is 11.1 Å². The van der Waals surface area contributed by atoms with E-state index in [0.717, 1.165) is 38.9 Å².